The fourth-order valence-corrected chi connectivity index (χ4v) is 6.29. The number of piperazine rings is 2. The Hall–Kier alpha value is -6.05. The average molecular weight is 840 g/mol. The molecule has 22 heteroatoms. The van der Waals surface area contributed by atoms with Gasteiger partial charge < -0.3 is 19.4 Å². The summed E-state index contributed by atoms with van der Waals surface area (Å²) >= 11 is 16.8. The standard InChI is InChI=1S/C17H15ClN6O4.C12H9ClN4O.C6H9ClN2O2/c1-22-6-7-23(9-12(22)25)17(27)28-16-14-13(19-4-5-20-14)15(26)24(16)11-3-2-10(18)8-21-11;1-7-10-11(15-5-4-14-10)12(18)17(7)9-3-2-8(13)6-16-9;1-8-2-3-9(6(7)11)4-5(8)10/h2-5,8,16H,6-7,9H2,1H3;2-7H,1H3;2-4H2,1H3. The minimum Gasteiger partial charge on any atom is -0.419 e. The van der Waals surface area contributed by atoms with E-state index in [0.29, 0.717) is 53.4 Å². The highest BCUT2D eigenvalue weighted by Crippen LogP contribution is 2.36. The molecule has 8 heterocycles. The number of aromatic nitrogens is 6. The van der Waals surface area contributed by atoms with E-state index in [1.54, 1.807) is 48.3 Å². The number of hydrogen-bond acceptors (Lipinski definition) is 13. The number of likely N-dealkylation sites (N-methyl/N-ethyl adjacent to an activating group) is 2. The molecule has 4 aromatic rings. The van der Waals surface area contributed by atoms with Crippen molar-refractivity contribution in [3.63, 3.8) is 0 Å². The van der Waals surface area contributed by atoms with Crippen molar-refractivity contribution in [2.24, 2.45) is 0 Å². The lowest BCUT2D eigenvalue weighted by atomic mass is 10.2. The van der Waals surface area contributed by atoms with Crippen molar-refractivity contribution < 1.29 is 33.5 Å². The van der Waals surface area contributed by atoms with Gasteiger partial charge in [0, 0.05) is 77.5 Å². The molecule has 0 saturated carbocycles. The highest BCUT2D eigenvalue weighted by atomic mass is 35.5. The summed E-state index contributed by atoms with van der Waals surface area (Å²) < 4.78 is 5.57. The van der Waals surface area contributed by atoms with Gasteiger partial charge in [0.15, 0.2) is 11.4 Å². The second-order valence-corrected chi connectivity index (χ2v) is 13.9. The molecule has 0 radical (unpaired) electrons. The van der Waals surface area contributed by atoms with Crippen LogP contribution in [0.25, 0.3) is 0 Å². The number of pyridine rings is 2. The van der Waals surface area contributed by atoms with Crippen molar-refractivity contribution in [2.75, 3.05) is 63.2 Å². The van der Waals surface area contributed by atoms with Crippen molar-refractivity contribution in [1.82, 2.24) is 49.5 Å². The topological polar surface area (TPSA) is 208 Å². The number of carbonyl (C=O) groups excluding carboxylic acids is 6. The van der Waals surface area contributed by atoms with Crippen LogP contribution in [0, 0.1) is 0 Å². The zero-order chi connectivity index (χ0) is 41.0. The molecule has 0 aliphatic carbocycles. The van der Waals surface area contributed by atoms with Gasteiger partial charge in [-0.25, -0.2) is 29.6 Å². The molecule has 4 aliphatic rings. The van der Waals surface area contributed by atoms with Crippen LogP contribution in [0.2, 0.25) is 10.0 Å². The molecule has 4 aromatic heterocycles. The van der Waals surface area contributed by atoms with E-state index < -0.39 is 23.6 Å². The van der Waals surface area contributed by atoms with Crippen molar-refractivity contribution in [1.29, 1.82) is 0 Å². The van der Waals surface area contributed by atoms with E-state index in [1.165, 1.54) is 56.7 Å². The van der Waals surface area contributed by atoms with Crippen molar-refractivity contribution in [3.8, 4) is 0 Å². The minimum absolute atomic E-state index is 0.0646. The zero-order valence-corrected chi connectivity index (χ0v) is 32.8. The molecule has 2 atom stereocenters. The molecule has 6 amide bonds. The predicted molar refractivity (Wildman–Crippen MR) is 203 cm³/mol. The lowest BCUT2D eigenvalue weighted by Gasteiger charge is -2.32. The van der Waals surface area contributed by atoms with Crippen LogP contribution in [0.1, 0.15) is 51.6 Å². The van der Waals surface area contributed by atoms with Crippen LogP contribution in [-0.2, 0) is 14.3 Å². The number of ether oxygens (including phenoxy) is 1. The van der Waals surface area contributed by atoms with E-state index in [0.717, 1.165) is 0 Å². The maximum atomic E-state index is 12.8. The minimum atomic E-state index is -1.15. The number of halogens is 3. The second-order valence-electron chi connectivity index (χ2n) is 12.7. The van der Waals surface area contributed by atoms with Crippen LogP contribution < -0.4 is 9.80 Å². The summed E-state index contributed by atoms with van der Waals surface area (Å²) in [7, 11) is 3.37. The first-order valence-electron chi connectivity index (χ1n) is 17.1. The Morgan fingerprint density at radius 1 is 0.649 bits per heavy atom. The maximum absolute atomic E-state index is 12.8. The van der Waals surface area contributed by atoms with Crippen LogP contribution in [0.4, 0.5) is 21.2 Å². The lowest BCUT2D eigenvalue weighted by molar-refractivity contribution is -0.134. The number of rotatable bonds is 3. The van der Waals surface area contributed by atoms with Gasteiger partial charge in [-0.05, 0) is 42.8 Å². The second kappa shape index (κ2) is 17.4. The fraction of sp³-hybridized carbons (Fsp3) is 0.314. The molecule has 0 N–H and O–H groups in total. The molecular formula is C35H33Cl3N12O7. The largest absolute Gasteiger partial charge is 0.419 e. The van der Waals surface area contributed by atoms with Gasteiger partial charge in [-0.1, -0.05) is 23.2 Å². The van der Waals surface area contributed by atoms with Gasteiger partial charge in [0.1, 0.15) is 30.4 Å². The van der Waals surface area contributed by atoms with E-state index in [-0.39, 0.29) is 54.1 Å². The summed E-state index contributed by atoms with van der Waals surface area (Å²) in [6.07, 6.45) is 6.92. The van der Waals surface area contributed by atoms with Crippen molar-refractivity contribution >= 4 is 81.5 Å². The number of fused-ring (bicyclic) bond motifs is 2. The van der Waals surface area contributed by atoms with E-state index in [4.69, 9.17) is 39.5 Å². The number of hydrogen-bond donors (Lipinski definition) is 0. The quantitative estimate of drug-likeness (QED) is 0.214. The van der Waals surface area contributed by atoms with E-state index >= 15 is 0 Å². The van der Waals surface area contributed by atoms with Gasteiger partial charge in [0.2, 0.25) is 18.0 Å². The van der Waals surface area contributed by atoms with Crippen LogP contribution in [-0.4, -0.2) is 138 Å². The normalized spacial score (nSPS) is 18.7. The van der Waals surface area contributed by atoms with Crippen LogP contribution >= 0.6 is 34.8 Å². The Bertz CT molecular complexity index is 2200. The number of nitrogens with zero attached hydrogens (tertiary/aromatic N) is 12. The van der Waals surface area contributed by atoms with E-state index in [9.17, 15) is 28.8 Å². The molecule has 0 spiro atoms. The summed E-state index contributed by atoms with van der Waals surface area (Å²) in [5.41, 5.74) is 1.35. The molecule has 0 bridgehead atoms. The van der Waals surface area contributed by atoms with Gasteiger partial charge in [-0.3, -0.25) is 43.7 Å². The summed E-state index contributed by atoms with van der Waals surface area (Å²) in [5.74, 6) is -0.142. The predicted octanol–water partition coefficient (Wildman–Crippen LogP) is 3.46. The number of amides is 6. The highest BCUT2D eigenvalue weighted by molar-refractivity contribution is 6.62. The van der Waals surface area contributed by atoms with Crippen molar-refractivity contribution in [2.45, 2.75) is 19.2 Å². The Kier molecular flexibility index (Phi) is 12.4. The van der Waals surface area contributed by atoms with E-state index in [2.05, 4.69) is 29.9 Å². The van der Waals surface area contributed by atoms with Gasteiger partial charge in [-0.2, -0.15) is 0 Å². The summed E-state index contributed by atoms with van der Waals surface area (Å²) in [4.78, 5) is 104. The smallest absolute Gasteiger partial charge is 0.412 e. The molecule has 0 aromatic carbocycles. The van der Waals surface area contributed by atoms with Gasteiger partial charge in [-0.15, -0.1) is 0 Å². The molecule has 2 unspecified atom stereocenters. The first-order chi connectivity index (χ1) is 27.2. The average Bonchev–Trinajstić information content (AvgIpc) is 3.63. The lowest BCUT2D eigenvalue weighted by Crippen LogP contribution is -2.51. The number of carbonyl (C=O) groups is 6. The third kappa shape index (κ3) is 8.84. The van der Waals surface area contributed by atoms with Gasteiger partial charge in [0.05, 0.1) is 21.8 Å². The maximum Gasteiger partial charge on any atom is 0.412 e. The fourth-order valence-electron chi connectivity index (χ4n) is 5.92. The van der Waals surface area contributed by atoms with Crippen molar-refractivity contribution in [3.05, 3.63) is 94.3 Å². The zero-order valence-electron chi connectivity index (χ0n) is 30.5. The molecule has 2 fully saturated rings. The van der Waals surface area contributed by atoms with Crippen LogP contribution in [0.3, 0.4) is 0 Å². The van der Waals surface area contributed by atoms with Crippen LogP contribution in [0.15, 0.2) is 61.4 Å². The highest BCUT2D eigenvalue weighted by Gasteiger charge is 2.44. The summed E-state index contributed by atoms with van der Waals surface area (Å²) in [5, 5.41) is 0.381. The summed E-state index contributed by atoms with van der Waals surface area (Å²) in [6.45, 7) is 3.74. The monoisotopic (exact) mass is 838 g/mol. The molecule has 57 heavy (non-hydrogen) atoms. The van der Waals surface area contributed by atoms with Gasteiger partial charge >= 0.3 is 11.5 Å². The Labute approximate surface area is 340 Å². The molecule has 296 valence electrons. The van der Waals surface area contributed by atoms with Gasteiger partial charge in [0.25, 0.3) is 11.8 Å². The van der Waals surface area contributed by atoms with Crippen LogP contribution in [0.5, 0.6) is 0 Å². The molecule has 4 aliphatic heterocycles. The first kappa shape index (κ1) is 40.6. The Morgan fingerprint density at radius 2 is 1.12 bits per heavy atom. The molecule has 19 nitrogen and oxygen atoms in total. The Balaban J connectivity index is 0.000000161. The molecule has 2 saturated heterocycles. The first-order valence-corrected chi connectivity index (χ1v) is 18.3. The Morgan fingerprint density at radius 3 is 1.63 bits per heavy atom. The summed E-state index contributed by atoms with van der Waals surface area (Å²) in [6, 6.07) is 6.34. The molecular weight excluding hydrogens is 807 g/mol. The van der Waals surface area contributed by atoms with E-state index in [1.807, 2.05) is 6.92 Å². The SMILES string of the molecule is CC1c2nccnc2C(=O)N1c1ccc(Cl)cn1.CN1CCN(C(=O)Cl)CC1=O.CN1CCN(C(=O)OC2c3nccnc3C(=O)N2c2ccc(Cl)cn2)CC1=O. The third-order valence-electron chi connectivity index (χ3n) is 9.10. The third-order valence-corrected chi connectivity index (χ3v) is 9.78. The molecule has 8 rings (SSSR count). The number of anilines is 2.